The van der Waals surface area contributed by atoms with Crippen LogP contribution in [0.15, 0.2) is 18.6 Å². The second-order valence-corrected chi connectivity index (χ2v) is 4.01. The first-order chi connectivity index (χ1) is 7.28. The molecule has 1 aliphatic carbocycles. The Hall–Kier alpha value is -1.00. The molecular formula is C11H16N2O2. The van der Waals surface area contributed by atoms with Crippen LogP contribution in [0.5, 0.6) is 0 Å². The zero-order valence-electron chi connectivity index (χ0n) is 8.89. The number of aliphatic hydroxyl groups is 1. The fraction of sp³-hybridized carbons (Fsp3) is 0.636. The van der Waals surface area contributed by atoms with Gasteiger partial charge in [0, 0.05) is 19.5 Å². The second-order valence-electron chi connectivity index (χ2n) is 4.01. The molecule has 0 spiro atoms. The Labute approximate surface area is 89.3 Å². The van der Waals surface area contributed by atoms with Gasteiger partial charge < -0.3 is 9.84 Å². The van der Waals surface area contributed by atoms with Crippen molar-refractivity contribution in [2.45, 2.75) is 37.4 Å². The van der Waals surface area contributed by atoms with E-state index in [1.54, 1.807) is 25.7 Å². The average Bonchev–Trinajstić information content (AvgIpc) is 2.79. The molecule has 1 N–H and O–H groups in total. The standard InChI is InChI=1S/C11H16N2O2/c1-15-11(4-2-3-5-11)10(14)9-8-12-6-7-13-9/h6-8,10,14H,2-5H2,1H3. The Morgan fingerprint density at radius 3 is 2.67 bits per heavy atom. The van der Waals surface area contributed by atoms with Crippen molar-refractivity contribution in [2.75, 3.05) is 7.11 Å². The topological polar surface area (TPSA) is 55.2 Å². The minimum atomic E-state index is -0.668. The molecule has 1 heterocycles. The Morgan fingerprint density at radius 2 is 2.13 bits per heavy atom. The van der Waals surface area contributed by atoms with E-state index in [2.05, 4.69) is 9.97 Å². The average molecular weight is 208 g/mol. The van der Waals surface area contributed by atoms with E-state index in [9.17, 15) is 5.11 Å². The van der Waals surface area contributed by atoms with Gasteiger partial charge in [-0.3, -0.25) is 9.97 Å². The number of hydrogen-bond donors (Lipinski definition) is 1. The van der Waals surface area contributed by atoms with E-state index < -0.39 is 11.7 Å². The van der Waals surface area contributed by atoms with Crippen LogP contribution in [0, 0.1) is 0 Å². The molecule has 1 aromatic rings. The highest BCUT2D eigenvalue weighted by molar-refractivity contribution is 5.08. The minimum Gasteiger partial charge on any atom is -0.384 e. The van der Waals surface area contributed by atoms with Crippen LogP contribution in [0.2, 0.25) is 0 Å². The van der Waals surface area contributed by atoms with Crippen molar-refractivity contribution in [1.82, 2.24) is 9.97 Å². The highest BCUT2D eigenvalue weighted by Gasteiger charge is 2.42. The van der Waals surface area contributed by atoms with Crippen molar-refractivity contribution in [1.29, 1.82) is 0 Å². The van der Waals surface area contributed by atoms with E-state index in [0.717, 1.165) is 25.7 Å². The maximum atomic E-state index is 10.2. The molecule has 1 unspecified atom stereocenters. The summed E-state index contributed by atoms with van der Waals surface area (Å²) in [5.74, 6) is 0. The first-order valence-electron chi connectivity index (χ1n) is 5.28. The molecule has 0 radical (unpaired) electrons. The molecule has 0 amide bonds. The van der Waals surface area contributed by atoms with E-state index in [1.165, 1.54) is 0 Å². The van der Waals surface area contributed by atoms with Crippen molar-refractivity contribution in [3.8, 4) is 0 Å². The highest BCUT2D eigenvalue weighted by Crippen LogP contribution is 2.41. The van der Waals surface area contributed by atoms with Gasteiger partial charge in [0.1, 0.15) is 6.10 Å². The predicted octanol–water partition coefficient (Wildman–Crippen LogP) is 1.47. The van der Waals surface area contributed by atoms with Crippen LogP contribution in [-0.4, -0.2) is 27.8 Å². The quantitative estimate of drug-likeness (QED) is 0.817. The van der Waals surface area contributed by atoms with Crippen LogP contribution in [-0.2, 0) is 4.74 Å². The monoisotopic (exact) mass is 208 g/mol. The molecule has 82 valence electrons. The summed E-state index contributed by atoms with van der Waals surface area (Å²) in [5, 5.41) is 10.2. The molecule has 1 fully saturated rings. The first-order valence-corrected chi connectivity index (χ1v) is 5.28. The number of ether oxygens (including phenoxy) is 1. The lowest BCUT2D eigenvalue weighted by molar-refractivity contribution is -0.102. The van der Waals surface area contributed by atoms with Gasteiger partial charge in [-0.15, -0.1) is 0 Å². The van der Waals surface area contributed by atoms with Crippen molar-refractivity contribution in [3.05, 3.63) is 24.3 Å². The molecule has 0 aromatic carbocycles. The summed E-state index contributed by atoms with van der Waals surface area (Å²) in [7, 11) is 1.66. The minimum absolute atomic E-state index is 0.448. The zero-order chi connectivity index (χ0) is 10.7. The molecule has 0 saturated heterocycles. The largest absolute Gasteiger partial charge is 0.384 e. The van der Waals surface area contributed by atoms with Gasteiger partial charge in [-0.1, -0.05) is 12.8 Å². The maximum absolute atomic E-state index is 10.2. The molecule has 1 atom stereocenters. The lowest BCUT2D eigenvalue weighted by atomic mass is 9.92. The number of hydrogen-bond acceptors (Lipinski definition) is 4. The number of aliphatic hydroxyl groups excluding tert-OH is 1. The summed E-state index contributed by atoms with van der Waals surface area (Å²) < 4.78 is 5.50. The lowest BCUT2D eigenvalue weighted by Gasteiger charge is -2.32. The third-order valence-electron chi connectivity index (χ3n) is 3.22. The molecule has 0 aliphatic heterocycles. The number of nitrogens with zero attached hydrogens (tertiary/aromatic N) is 2. The van der Waals surface area contributed by atoms with Gasteiger partial charge in [-0.2, -0.15) is 0 Å². The van der Waals surface area contributed by atoms with E-state index in [1.807, 2.05) is 0 Å². The van der Waals surface area contributed by atoms with E-state index in [4.69, 9.17) is 4.74 Å². The molecule has 15 heavy (non-hydrogen) atoms. The summed E-state index contributed by atoms with van der Waals surface area (Å²) in [6.07, 6.45) is 8.11. The van der Waals surface area contributed by atoms with Crippen molar-refractivity contribution in [3.63, 3.8) is 0 Å². The van der Waals surface area contributed by atoms with Crippen LogP contribution in [0.25, 0.3) is 0 Å². The summed E-state index contributed by atoms with van der Waals surface area (Å²) in [4.78, 5) is 8.09. The third-order valence-corrected chi connectivity index (χ3v) is 3.22. The lowest BCUT2D eigenvalue weighted by Crippen LogP contribution is -2.35. The second kappa shape index (κ2) is 4.24. The van der Waals surface area contributed by atoms with Crippen LogP contribution in [0.3, 0.4) is 0 Å². The van der Waals surface area contributed by atoms with Gasteiger partial charge >= 0.3 is 0 Å². The van der Waals surface area contributed by atoms with Crippen molar-refractivity contribution >= 4 is 0 Å². The summed E-state index contributed by atoms with van der Waals surface area (Å²) in [6, 6.07) is 0. The van der Waals surface area contributed by atoms with Gasteiger partial charge in [0.15, 0.2) is 0 Å². The van der Waals surface area contributed by atoms with Gasteiger partial charge in [0.05, 0.1) is 17.5 Å². The molecule has 0 bridgehead atoms. The van der Waals surface area contributed by atoms with Crippen LogP contribution in [0.1, 0.15) is 37.5 Å². The van der Waals surface area contributed by atoms with Crippen molar-refractivity contribution < 1.29 is 9.84 Å². The molecule has 1 aliphatic rings. The predicted molar refractivity (Wildman–Crippen MR) is 55.2 cm³/mol. The summed E-state index contributed by atoms with van der Waals surface area (Å²) >= 11 is 0. The summed E-state index contributed by atoms with van der Waals surface area (Å²) in [5.41, 5.74) is 0.150. The fourth-order valence-electron chi connectivity index (χ4n) is 2.28. The Balaban J connectivity index is 2.22. The van der Waals surface area contributed by atoms with Crippen LogP contribution in [0.4, 0.5) is 0 Å². The molecular weight excluding hydrogens is 192 g/mol. The van der Waals surface area contributed by atoms with Crippen LogP contribution >= 0.6 is 0 Å². The SMILES string of the molecule is COC1(C(O)c2cnccn2)CCCC1. The fourth-order valence-corrected chi connectivity index (χ4v) is 2.28. The van der Waals surface area contributed by atoms with Crippen LogP contribution < -0.4 is 0 Å². The molecule has 4 heteroatoms. The van der Waals surface area contributed by atoms with Gasteiger partial charge in [-0.25, -0.2) is 0 Å². The van der Waals surface area contributed by atoms with Gasteiger partial charge in [0.25, 0.3) is 0 Å². The number of methoxy groups -OCH3 is 1. The van der Waals surface area contributed by atoms with Crippen molar-refractivity contribution in [2.24, 2.45) is 0 Å². The molecule has 2 rings (SSSR count). The highest BCUT2D eigenvalue weighted by atomic mass is 16.5. The molecule has 1 aromatic heterocycles. The summed E-state index contributed by atoms with van der Waals surface area (Å²) in [6.45, 7) is 0. The van der Waals surface area contributed by atoms with Gasteiger partial charge in [-0.05, 0) is 12.8 Å². The first kappa shape index (κ1) is 10.5. The Morgan fingerprint density at radius 1 is 1.40 bits per heavy atom. The normalized spacial score (nSPS) is 21.5. The Kier molecular flexibility index (Phi) is 2.98. The maximum Gasteiger partial charge on any atom is 0.126 e. The Bertz CT molecular complexity index is 310. The van der Waals surface area contributed by atoms with E-state index in [-0.39, 0.29) is 0 Å². The smallest absolute Gasteiger partial charge is 0.126 e. The number of aromatic nitrogens is 2. The van der Waals surface area contributed by atoms with Gasteiger partial charge in [0.2, 0.25) is 0 Å². The van der Waals surface area contributed by atoms with E-state index >= 15 is 0 Å². The zero-order valence-corrected chi connectivity index (χ0v) is 8.89. The third kappa shape index (κ3) is 1.87. The molecule has 4 nitrogen and oxygen atoms in total. The van der Waals surface area contributed by atoms with E-state index in [0.29, 0.717) is 5.69 Å². The number of rotatable bonds is 3. The molecule has 1 saturated carbocycles.